The van der Waals surface area contributed by atoms with Crippen LogP contribution in [0.2, 0.25) is 0 Å². The SMILES string of the molecule is CC(C)c1cc(-c2ccccc2)cc(C(C)C)c1-n1c(-c2[c-]ccc3c2oc2cc(-c4ccccc4)ccc23)nc2ccccc21.Cc1cc(C)c(B(c2cc[c-]c(-c3ccccn3)c2)c2c(C)cc(C)cc2C)c(C)c1.[Ir]. The number of rotatable bonds is 10. The molecule has 9 aromatic carbocycles. The van der Waals surface area contributed by atoms with Crippen molar-refractivity contribution >= 4 is 56.1 Å². The average Bonchev–Trinajstić information content (AvgIpc) is 4.22. The van der Waals surface area contributed by atoms with Gasteiger partial charge in [0, 0.05) is 37.4 Å². The molecule has 4 nitrogen and oxygen atoms in total. The van der Waals surface area contributed by atoms with Gasteiger partial charge in [-0.3, -0.25) is 4.98 Å². The van der Waals surface area contributed by atoms with Gasteiger partial charge in [-0.05, 0) is 129 Å². The van der Waals surface area contributed by atoms with E-state index in [1.165, 1.54) is 83.3 Å². The summed E-state index contributed by atoms with van der Waals surface area (Å²) >= 11 is 0. The predicted molar refractivity (Wildman–Crippen MR) is 326 cm³/mol. The third-order valence-electron chi connectivity index (χ3n) is 15.2. The number of nitrogens with zero attached hydrogens (tertiary/aromatic N) is 3. The molecule has 0 aliphatic rings. The van der Waals surface area contributed by atoms with Gasteiger partial charge in [0.2, 0.25) is 6.71 Å². The van der Waals surface area contributed by atoms with Crippen LogP contribution in [-0.4, -0.2) is 21.2 Å². The van der Waals surface area contributed by atoms with Gasteiger partial charge < -0.3 is 14.0 Å². The zero-order valence-electron chi connectivity index (χ0n) is 46.3. The molecule has 0 unspecified atom stereocenters. The summed E-state index contributed by atoms with van der Waals surface area (Å²) in [7, 11) is 0. The Morgan fingerprint density at radius 2 is 1.08 bits per heavy atom. The van der Waals surface area contributed by atoms with Crippen molar-refractivity contribution in [3.63, 3.8) is 0 Å². The van der Waals surface area contributed by atoms with E-state index >= 15 is 0 Å². The molecule has 3 heterocycles. The van der Waals surface area contributed by atoms with Crippen LogP contribution in [0.1, 0.15) is 84.0 Å². The van der Waals surface area contributed by atoms with Crippen LogP contribution in [0.4, 0.5) is 0 Å². The van der Waals surface area contributed by atoms with Gasteiger partial charge in [0.25, 0.3) is 0 Å². The monoisotopic (exact) mass is 1190 g/mol. The van der Waals surface area contributed by atoms with Crippen molar-refractivity contribution in [2.75, 3.05) is 0 Å². The fourth-order valence-electron chi connectivity index (χ4n) is 11.9. The van der Waals surface area contributed by atoms with Crippen molar-refractivity contribution in [1.82, 2.24) is 14.5 Å². The molecular formula is C72H64BIrN3O-2. The smallest absolute Gasteiger partial charge is 0.224 e. The minimum Gasteiger partial charge on any atom is -0.501 e. The Hall–Kier alpha value is -7.89. The summed E-state index contributed by atoms with van der Waals surface area (Å²) in [6, 6.07) is 73.7. The van der Waals surface area contributed by atoms with Gasteiger partial charge in [-0.25, -0.2) is 0 Å². The summed E-state index contributed by atoms with van der Waals surface area (Å²) in [6.07, 6.45) is 1.84. The normalized spacial score (nSPS) is 11.3. The van der Waals surface area contributed by atoms with Gasteiger partial charge in [0.15, 0.2) is 0 Å². The third kappa shape index (κ3) is 10.4. The molecule has 0 N–H and O–H groups in total. The summed E-state index contributed by atoms with van der Waals surface area (Å²) in [4.78, 5) is 9.86. The first kappa shape index (κ1) is 53.5. The molecule has 6 heteroatoms. The van der Waals surface area contributed by atoms with Crippen molar-refractivity contribution in [2.45, 2.75) is 81.1 Å². The molecule has 12 rings (SSSR count). The summed E-state index contributed by atoms with van der Waals surface area (Å²) in [5.74, 6) is 1.41. The van der Waals surface area contributed by atoms with Crippen molar-refractivity contribution in [2.24, 2.45) is 0 Å². The Bertz CT molecular complexity index is 3990. The Kier molecular flexibility index (Phi) is 15.5. The fraction of sp³-hybridized carbons (Fsp3) is 0.167. The van der Waals surface area contributed by atoms with E-state index in [0.29, 0.717) is 0 Å². The van der Waals surface area contributed by atoms with E-state index in [2.05, 4.69) is 249 Å². The molecule has 387 valence electrons. The van der Waals surface area contributed by atoms with Crippen molar-refractivity contribution in [1.29, 1.82) is 0 Å². The molecule has 0 bridgehead atoms. The van der Waals surface area contributed by atoms with Gasteiger partial charge >= 0.3 is 0 Å². The summed E-state index contributed by atoms with van der Waals surface area (Å²) in [5, 5.41) is 2.15. The Balaban J connectivity index is 0.000000188. The van der Waals surface area contributed by atoms with Crippen LogP contribution < -0.4 is 16.4 Å². The molecular weight excluding hydrogens is 1130 g/mol. The van der Waals surface area contributed by atoms with E-state index in [-0.39, 0.29) is 38.7 Å². The standard InChI is InChI=1S/C43H35N2O.C29H29BN.Ir/c1-27(2)36-24-32(30-16-9-6-10-17-30)25-37(28(3)4)41(36)45-39-21-12-11-20-38(39)44-43(45)35-19-13-18-34-33-23-22-31(26-40(33)46-42(34)35)29-14-7-5-8-15-29;1-19-14-21(3)28(22(4)15-19)30(29-23(5)16-20(2)17-24(29)6)26-11-9-10-25(18-26)27-12-7-8-13-31-27;/h5-18,20-28H,1-4H3;7-9,11-18H,1-6H3;/q2*-1;. The van der Waals surface area contributed by atoms with Crippen LogP contribution in [0.5, 0.6) is 0 Å². The number of imidazole rings is 1. The molecule has 0 aliphatic heterocycles. The largest absolute Gasteiger partial charge is 0.501 e. The van der Waals surface area contributed by atoms with Crippen molar-refractivity contribution < 1.29 is 24.5 Å². The molecule has 78 heavy (non-hydrogen) atoms. The number of pyridine rings is 1. The average molecular weight is 1190 g/mol. The maximum atomic E-state index is 6.73. The van der Waals surface area contributed by atoms with Gasteiger partial charge in [-0.1, -0.05) is 204 Å². The molecule has 0 saturated heterocycles. The topological polar surface area (TPSA) is 43.9 Å². The molecule has 1 radical (unpaired) electrons. The van der Waals surface area contributed by atoms with Gasteiger partial charge in [0.05, 0.1) is 22.4 Å². The second-order valence-electron chi connectivity index (χ2n) is 21.5. The quantitative estimate of drug-likeness (QED) is 0.101. The van der Waals surface area contributed by atoms with E-state index in [1.54, 1.807) is 0 Å². The maximum Gasteiger partial charge on any atom is 0.224 e. The summed E-state index contributed by atoms with van der Waals surface area (Å²) < 4.78 is 9.10. The first-order chi connectivity index (χ1) is 37.3. The number of hydrogen-bond acceptors (Lipinski definition) is 3. The van der Waals surface area contributed by atoms with E-state index in [4.69, 9.17) is 9.40 Å². The van der Waals surface area contributed by atoms with Crippen LogP contribution in [0.25, 0.3) is 83.6 Å². The molecule has 3 aromatic heterocycles. The van der Waals surface area contributed by atoms with Gasteiger partial charge in [-0.15, -0.1) is 48.0 Å². The fourth-order valence-corrected chi connectivity index (χ4v) is 11.9. The molecule has 0 aliphatic carbocycles. The van der Waals surface area contributed by atoms with Crippen molar-refractivity contribution in [3.05, 3.63) is 251 Å². The second kappa shape index (κ2) is 22.6. The second-order valence-corrected chi connectivity index (χ2v) is 21.5. The number of para-hydroxylation sites is 2. The first-order valence-electron chi connectivity index (χ1n) is 27.0. The zero-order valence-corrected chi connectivity index (χ0v) is 48.7. The minimum atomic E-state index is 0. The molecule has 0 fully saturated rings. The number of benzene rings is 9. The van der Waals surface area contributed by atoms with E-state index < -0.39 is 0 Å². The van der Waals surface area contributed by atoms with Crippen LogP contribution >= 0.6 is 0 Å². The molecule has 0 amide bonds. The van der Waals surface area contributed by atoms with E-state index in [9.17, 15) is 0 Å². The number of fused-ring (bicyclic) bond motifs is 4. The summed E-state index contributed by atoms with van der Waals surface area (Å²) in [5.41, 5.74) is 27.1. The molecule has 0 saturated carbocycles. The number of furan rings is 1. The van der Waals surface area contributed by atoms with E-state index in [0.717, 1.165) is 61.2 Å². The van der Waals surface area contributed by atoms with Gasteiger partial charge in [0.1, 0.15) is 5.58 Å². The number of hydrogen-bond donors (Lipinski definition) is 0. The van der Waals surface area contributed by atoms with Crippen LogP contribution in [0.3, 0.4) is 0 Å². The Morgan fingerprint density at radius 3 is 1.67 bits per heavy atom. The Labute approximate surface area is 474 Å². The van der Waals surface area contributed by atoms with Crippen LogP contribution in [0, 0.1) is 53.7 Å². The van der Waals surface area contributed by atoms with Crippen molar-refractivity contribution in [3.8, 4) is 50.6 Å². The molecule has 0 atom stereocenters. The zero-order chi connectivity index (χ0) is 53.5. The van der Waals surface area contributed by atoms with Gasteiger partial charge in [-0.2, -0.15) is 5.46 Å². The third-order valence-corrected chi connectivity index (χ3v) is 15.2. The van der Waals surface area contributed by atoms with E-state index in [1.807, 2.05) is 36.5 Å². The maximum absolute atomic E-state index is 6.73. The first-order valence-corrected chi connectivity index (χ1v) is 27.0. The minimum absolute atomic E-state index is 0. The number of aryl methyl sites for hydroxylation is 6. The van der Waals surface area contributed by atoms with Crippen LogP contribution in [0.15, 0.2) is 199 Å². The molecule has 12 aromatic rings. The number of aromatic nitrogens is 3. The Morgan fingerprint density at radius 1 is 0.513 bits per heavy atom. The van der Waals surface area contributed by atoms with Crippen LogP contribution in [-0.2, 0) is 20.1 Å². The predicted octanol–water partition coefficient (Wildman–Crippen LogP) is 16.9. The molecule has 0 spiro atoms. The summed E-state index contributed by atoms with van der Waals surface area (Å²) in [6.45, 7) is 22.6.